The lowest BCUT2D eigenvalue weighted by Gasteiger charge is -2.10. The van der Waals surface area contributed by atoms with Crippen molar-refractivity contribution < 1.29 is 4.79 Å². The molecule has 0 aliphatic rings. The fourth-order valence-electron chi connectivity index (χ4n) is 2.32. The molecule has 0 radical (unpaired) electrons. The Morgan fingerprint density at radius 2 is 1.59 bits per heavy atom. The highest BCUT2D eigenvalue weighted by Crippen LogP contribution is 2.27. The normalized spacial score (nSPS) is 10.4. The summed E-state index contributed by atoms with van der Waals surface area (Å²) in [4.78, 5) is 11.9. The van der Waals surface area contributed by atoms with Crippen LogP contribution >= 0.6 is 0 Å². The van der Waals surface area contributed by atoms with E-state index in [-0.39, 0.29) is 5.78 Å². The van der Waals surface area contributed by atoms with E-state index in [0.29, 0.717) is 17.1 Å². The van der Waals surface area contributed by atoms with Gasteiger partial charge in [-0.25, -0.2) is 4.68 Å². The lowest BCUT2D eigenvalue weighted by atomic mass is 10.1. The molecule has 2 aromatic carbocycles. The first-order valence-electron chi connectivity index (χ1n) is 6.95. The Kier molecular flexibility index (Phi) is 3.66. The molecule has 4 nitrogen and oxygen atoms in total. The third-order valence-corrected chi connectivity index (χ3v) is 3.41. The van der Waals surface area contributed by atoms with Gasteiger partial charge in [0.25, 0.3) is 0 Å². The molecule has 0 unspecified atom stereocenters. The third-order valence-electron chi connectivity index (χ3n) is 3.41. The van der Waals surface area contributed by atoms with Crippen LogP contribution in [0.2, 0.25) is 0 Å². The van der Waals surface area contributed by atoms with Gasteiger partial charge in [-0.1, -0.05) is 72.5 Å². The smallest absolute Gasteiger partial charge is 0.182 e. The highest BCUT2D eigenvalue weighted by molar-refractivity contribution is 5.98. The van der Waals surface area contributed by atoms with E-state index >= 15 is 0 Å². The molecule has 4 heteroatoms. The minimum atomic E-state index is -0.119. The number of hydrogen-bond donors (Lipinski definition) is 0. The van der Waals surface area contributed by atoms with Crippen molar-refractivity contribution in [3.63, 3.8) is 0 Å². The molecule has 0 saturated heterocycles. The van der Waals surface area contributed by atoms with Crippen molar-refractivity contribution in [3.8, 4) is 11.3 Å². The first kappa shape index (κ1) is 13.9. The van der Waals surface area contributed by atoms with Crippen LogP contribution in [0.4, 0.5) is 0 Å². The molecule has 3 aromatic rings. The van der Waals surface area contributed by atoms with Gasteiger partial charge in [0.2, 0.25) is 0 Å². The van der Waals surface area contributed by atoms with Crippen LogP contribution in [0.15, 0.2) is 67.2 Å². The van der Waals surface area contributed by atoms with Crippen LogP contribution in [0.5, 0.6) is 0 Å². The average Bonchev–Trinajstić information content (AvgIpc) is 3.01. The summed E-state index contributed by atoms with van der Waals surface area (Å²) in [5.74, 6) is -0.119. The van der Waals surface area contributed by atoms with E-state index in [9.17, 15) is 4.79 Å². The summed E-state index contributed by atoms with van der Waals surface area (Å²) in [6.45, 7) is 5.60. The summed E-state index contributed by atoms with van der Waals surface area (Å²) in [5.41, 5.74) is 3.51. The quantitative estimate of drug-likeness (QED) is 0.688. The van der Waals surface area contributed by atoms with Crippen LogP contribution in [0, 0.1) is 0 Å². The average molecular weight is 289 g/mol. The molecule has 22 heavy (non-hydrogen) atoms. The van der Waals surface area contributed by atoms with Gasteiger partial charge in [-0.2, -0.15) is 0 Å². The molecule has 108 valence electrons. The van der Waals surface area contributed by atoms with Crippen molar-refractivity contribution in [2.45, 2.75) is 6.92 Å². The van der Waals surface area contributed by atoms with Crippen molar-refractivity contribution >= 4 is 11.5 Å². The van der Waals surface area contributed by atoms with E-state index in [4.69, 9.17) is 0 Å². The van der Waals surface area contributed by atoms with E-state index in [1.807, 2.05) is 60.7 Å². The Balaban J connectivity index is 2.17. The molecular weight excluding hydrogens is 274 g/mol. The van der Waals surface area contributed by atoms with E-state index in [0.717, 1.165) is 11.1 Å². The Morgan fingerprint density at radius 3 is 2.18 bits per heavy atom. The summed E-state index contributed by atoms with van der Waals surface area (Å²) in [6, 6.07) is 19.3. The second kappa shape index (κ2) is 5.77. The second-order valence-electron chi connectivity index (χ2n) is 4.93. The number of aromatic nitrogens is 3. The number of rotatable bonds is 4. The Hall–Kier alpha value is -3.01. The summed E-state index contributed by atoms with van der Waals surface area (Å²) in [7, 11) is 0. The molecule has 1 heterocycles. The Bertz CT molecular complexity index is 820. The highest BCUT2D eigenvalue weighted by atomic mass is 16.1. The largest absolute Gasteiger partial charge is 0.293 e. The molecule has 0 aliphatic heterocycles. The molecule has 0 atom stereocenters. The molecule has 0 fully saturated rings. The Labute approximate surface area is 128 Å². The fraction of sp³-hybridized carbons (Fsp3) is 0.0556. The van der Waals surface area contributed by atoms with E-state index in [1.165, 1.54) is 6.92 Å². The number of benzene rings is 2. The van der Waals surface area contributed by atoms with Crippen molar-refractivity contribution in [1.82, 2.24) is 15.0 Å². The lowest BCUT2D eigenvalue weighted by molar-refractivity contribution is 0.101. The number of hydrogen-bond acceptors (Lipinski definition) is 3. The van der Waals surface area contributed by atoms with Crippen LogP contribution < -0.4 is 0 Å². The third kappa shape index (κ3) is 2.46. The van der Waals surface area contributed by atoms with E-state index < -0.39 is 0 Å². The zero-order valence-electron chi connectivity index (χ0n) is 12.2. The summed E-state index contributed by atoms with van der Waals surface area (Å²) in [6.07, 6.45) is 0. The van der Waals surface area contributed by atoms with Crippen LogP contribution in [0.25, 0.3) is 17.0 Å². The summed E-state index contributed by atoms with van der Waals surface area (Å²) in [5, 5.41) is 8.18. The minimum absolute atomic E-state index is 0.119. The second-order valence-corrected chi connectivity index (χ2v) is 4.93. The maximum absolute atomic E-state index is 11.9. The first-order valence-corrected chi connectivity index (χ1v) is 6.95. The molecule has 0 spiro atoms. The topological polar surface area (TPSA) is 47.8 Å². The van der Waals surface area contributed by atoms with Crippen LogP contribution in [-0.4, -0.2) is 20.8 Å². The van der Waals surface area contributed by atoms with E-state index in [2.05, 4.69) is 16.9 Å². The van der Waals surface area contributed by atoms with E-state index in [1.54, 1.807) is 4.68 Å². The SMILES string of the molecule is C=C(c1ccccc1)n1nnc(C(C)=O)c1-c1ccccc1. The monoisotopic (exact) mass is 289 g/mol. The molecule has 0 amide bonds. The van der Waals surface area contributed by atoms with Gasteiger partial charge in [0.1, 0.15) is 5.69 Å². The van der Waals surface area contributed by atoms with Crippen molar-refractivity contribution in [2.75, 3.05) is 0 Å². The number of nitrogens with zero attached hydrogens (tertiary/aromatic N) is 3. The van der Waals surface area contributed by atoms with Gasteiger partial charge in [-0.15, -0.1) is 5.10 Å². The van der Waals surface area contributed by atoms with Gasteiger partial charge >= 0.3 is 0 Å². The molecule has 0 bridgehead atoms. The van der Waals surface area contributed by atoms with Gasteiger partial charge in [-0.05, 0) is 5.56 Å². The van der Waals surface area contributed by atoms with Gasteiger partial charge in [0, 0.05) is 12.5 Å². The van der Waals surface area contributed by atoms with Gasteiger partial charge in [0.05, 0.1) is 5.70 Å². The van der Waals surface area contributed by atoms with Crippen molar-refractivity contribution in [2.24, 2.45) is 0 Å². The maximum atomic E-state index is 11.9. The van der Waals surface area contributed by atoms with Crippen LogP contribution in [-0.2, 0) is 0 Å². The lowest BCUT2D eigenvalue weighted by Crippen LogP contribution is -2.04. The highest BCUT2D eigenvalue weighted by Gasteiger charge is 2.20. The number of Topliss-reactive ketones (excluding diaryl/α,β-unsaturated/α-hetero) is 1. The van der Waals surface area contributed by atoms with Crippen molar-refractivity contribution in [3.05, 3.63) is 78.5 Å². The summed E-state index contributed by atoms with van der Waals surface area (Å²) < 4.78 is 1.63. The van der Waals surface area contributed by atoms with Crippen LogP contribution in [0.1, 0.15) is 23.0 Å². The molecule has 0 aliphatic carbocycles. The van der Waals surface area contributed by atoms with Gasteiger partial charge in [-0.3, -0.25) is 4.79 Å². The number of carbonyl (C=O) groups is 1. The first-order chi connectivity index (χ1) is 10.7. The zero-order chi connectivity index (χ0) is 15.5. The molecule has 3 rings (SSSR count). The fourth-order valence-corrected chi connectivity index (χ4v) is 2.32. The van der Waals surface area contributed by atoms with Gasteiger partial charge in [0.15, 0.2) is 11.5 Å². The molecule has 0 N–H and O–H groups in total. The summed E-state index contributed by atoms with van der Waals surface area (Å²) >= 11 is 0. The Morgan fingerprint density at radius 1 is 1.00 bits per heavy atom. The standard InChI is InChI=1S/C18H15N3O/c1-13(15-9-5-3-6-10-15)21-18(16-11-7-4-8-12-16)17(14(2)22)19-20-21/h3-12H,1H2,2H3. The predicted molar refractivity (Wildman–Crippen MR) is 86.3 cm³/mol. The number of ketones is 1. The molecule has 0 saturated carbocycles. The number of carbonyl (C=O) groups excluding carboxylic acids is 1. The van der Waals surface area contributed by atoms with Crippen LogP contribution in [0.3, 0.4) is 0 Å². The predicted octanol–water partition coefficient (Wildman–Crippen LogP) is 3.67. The maximum Gasteiger partial charge on any atom is 0.182 e. The minimum Gasteiger partial charge on any atom is -0.293 e. The van der Waals surface area contributed by atoms with Gasteiger partial charge < -0.3 is 0 Å². The molecular formula is C18H15N3O. The molecule has 1 aromatic heterocycles. The van der Waals surface area contributed by atoms with Crippen molar-refractivity contribution in [1.29, 1.82) is 0 Å². The zero-order valence-corrected chi connectivity index (χ0v) is 12.2.